The van der Waals surface area contributed by atoms with E-state index < -0.39 is 5.92 Å². The topological polar surface area (TPSA) is 74.3 Å². The highest BCUT2D eigenvalue weighted by molar-refractivity contribution is 6.32. The molecule has 3 aromatic rings. The van der Waals surface area contributed by atoms with E-state index in [1.54, 1.807) is 50.4 Å². The van der Waals surface area contributed by atoms with Crippen LogP contribution in [0.3, 0.4) is 0 Å². The quantitative estimate of drug-likeness (QED) is 0.225. The normalized spacial score (nSPS) is 15.2. The number of methoxy groups -OCH3 is 1. The van der Waals surface area contributed by atoms with Crippen LogP contribution < -0.4 is 9.47 Å². The van der Waals surface area contributed by atoms with Crippen LogP contribution in [0.2, 0.25) is 5.02 Å². The van der Waals surface area contributed by atoms with Gasteiger partial charge in [-0.25, -0.2) is 4.42 Å². The molecule has 0 aliphatic carbocycles. The number of ether oxygens (including phenoxy) is 4. The first-order valence-electron chi connectivity index (χ1n) is 11.9. The van der Waals surface area contributed by atoms with Gasteiger partial charge in [0.2, 0.25) is 0 Å². The van der Waals surface area contributed by atoms with Crippen molar-refractivity contribution in [3.05, 3.63) is 88.4 Å². The molecule has 0 N–H and O–H groups in total. The first kappa shape index (κ1) is 26.8. The number of hydrogen-bond donors (Lipinski definition) is 0. The van der Waals surface area contributed by atoms with Gasteiger partial charge in [0.15, 0.2) is 0 Å². The van der Waals surface area contributed by atoms with E-state index in [9.17, 15) is 9.59 Å². The zero-order chi connectivity index (χ0) is 26.4. The second kappa shape index (κ2) is 12.3. The van der Waals surface area contributed by atoms with Crippen LogP contribution in [0, 0.1) is 0 Å². The monoisotopic (exact) mass is 543 g/mol. The van der Waals surface area contributed by atoms with Gasteiger partial charge >= 0.3 is 5.97 Å². The number of halogens is 2. The Kier molecular flexibility index (Phi) is 8.92. The highest BCUT2D eigenvalue weighted by Gasteiger charge is 2.30. The molecular formula is C28H27Cl2NO6. The van der Waals surface area contributed by atoms with Gasteiger partial charge in [0.25, 0.3) is 5.91 Å². The first-order valence-corrected chi connectivity index (χ1v) is 12.6. The van der Waals surface area contributed by atoms with Crippen molar-refractivity contribution in [1.29, 1.82) is 0 Å². The number of carbonyl (C=O) groups excluding carboxylic acids is 2. The molecule has 0 bridgehead atoms. The molecule has 9 heteroatoms. The van der Waals surface area contributed by atoms with Crippen molar-refractivity contribution in [3.63, 3.8) is 0 Å². The largest absolute Gasteiger partial charge is 0.493 e. The van der Waals surface area contributed by atoms with Gasteiger partial charge in [-0.1, -0.05) is 41.9 Å². The van der Waals surface area contributed by atoms with Gasteiger partial charge in [0.05, 0.1) is 30.7 Å². The lowest BCUT2D eigenvalue weighted by molar-refractivity contribution is -0.145. The molecule has 194 valence electrons. The number of nitrogens with zero attached hydrogens (tertiary/aromatic N) is 1. The van der Waals surface area contributed by atoms with E-state index in [1.807, 2.05) is 30.3 Å². The predicted molar refractivity (Wildman–Crippen MR) is 141 cm³/mol. The summed E-state index contributed by atoms with van der Waals surface area (Å²) in [5, 5.41) is 0.331. The van der Waals surface area contributed by atoms with Gasteiger partial charge in [-0.15, -0.1) is 0 Å². The van der Waals surface area contributed by atoms with Crippen LogP contribution in [0.5, 0.6) is 17.2 Å². The Hall–Kier alpha value is -3.26. The Morgan fingerprint density at radius 3 is 2.51 bits per heavy atom. The minimum Gasteiger partial charge on any atom is -0.493 e. The summed E-state index contributed by atoms with van der Waals surface area (Å²) in [6, 6.07) is 19.4. The van der Waals surface area contributed by atoms with Crippen LogP contribution >= 0.6 is 23.4 Å². The van der Waals surface area contributed by atoms with E-state index in [4.69, 9.17) is 42.3 Å². The van der Waals surface area contributed by atoms with E-state index in [0.717, 1.165) is 9.98 Å². The summed E-state index contributed by atoms with van der Waals surface area (Å²) in [5.74, 6) is 0.269. The van der Waals surface area contributed by atoms with Crippen molar-refractivity contribution in [1.82, 2.24) is 4.42 Å². The van der Waals surface area contributed by atoms with E-state index in [-0.39, 0.29) is 24.5 Å². The summed E-state index contributed by atoms with van der Waals surface area (Å²) in [6.07, 6.45) is 0.161. The van der Waals surface area contributed by atoms with E-state index in [2.05, 4.69) is 0 Å². The number of hydrogen-bond acceptors (Lipinski definition) is 6. The maximum atomic E-state index is 12.9. The molecule has 0 radical (unpaired) electrons. The Morgan fingerprint density at radius 2 is 1.84 bits per heavy atom. The van der Waals surface area contributed by atoms with Crippen LogP contribution in [0.4, 0.5) is 0 Å². The molecule has 0 saturated heterocycles. The highest BCUT2D eigenvalue weighted by Crippen LogP contribution is 2.42. The van der Waals surface area contributed by atoms with E-state index >= 15 is 0 Å². The minimum atomic E-state index is -0.432. The van der Waals surface area contributed by atoms with Crippen LogP contribution in [-0.4, -0.2) is 43.2 Å². The lowest BCUT2D eigenvalue weighted by Crippen LogP contribution is -2.27. The maximum absolute atomic E-state index is 12.9. The maximum Gasteiger partial charge on any atom is 0.313 e. The van der Waals surface area contributed by atoms with E-state index in [1.165, 1.54) is 0 Å². The van der Waals surface area contributed by atoms with Gasteiger partial charge in [-0.2, -0.15) is 0 Å². The van der Waals surface area contributed by atoms with Gasteiger partial charge in [-0.3, -0.25) is 9.59 Å². The molecule has 1 heterocycles. The third-order valence-electron chi connectivity index (χ3n) is 6.01. The van der Waals surface area contributed by atoms with Crippen molar-refractivity contribution in [2.24, 2.45) is 0 Å². The Balaban J connectivity index is 1.44. The second-order valence-corrected chi connectivity index (χ2v) is 9.19. The van der Waals surface area contributed by atoms with Crippen molar-refractivity contribution in [2.45, 2.75) is 25.4 Å². The number of esters is 1. The molecular weight excluding hydrogens is 517 g/mol. The number of fused-ring (bicyclic) bond motifs is 1. The summed E-state index contributed by atoms with van der Waals surface area (Å²) in [4.78, 5) is 25.2. The Bertz CT molecular complexity index is 1240. The van der Waals surface area contributed by atoms with Crippen LogP contribution in [-0.2, 0) is 14.3 Å². The molecule has 1 amide bonds. The third-order valence-corrected chi connectivity index (χ3v) is 6.59. The zero-order valence-corrected chi connectivity index (χ0v) is 22.0. The molecule has 1 aliphatic rings. The number of amides is 1. The third kappa shape index (κ3) is 6.36. The average Bonchev–Trinajstić information content (AvgIpc) is 2.92. The number of rotatable bonds is 9. The zero-order valence-electron chi connectivity index (χ0n) is 20.5. The van der Waals surface area contributed by atoms with Gasteiger partial charge in [0, 0.05) is 36.1 Å². The standard InChI is InChI=1S/C28H27Cl2NO6/c1-3-35-28(33)21-13-14-36-24-16-25(23(29)15-22(21)24)37-20-11-9-19(10-12-20)27(32)31(30)17-26(34-2)18-7-5-4-6-8-18/h4-12,15-16,21,26H,3,13-14,17H2,1-2H3. The average molecular weight is 544 g/mol. The van der Waals surface area contributed by atoms with Crippen LogP contribution in [0.1, 0.15) is 46.9 Å². The summed E-state index contributed by atoms with van der Waals surface area (Å²) in [5.41, 5.74) is 1.99. The second-order valence-electron chi connectivity index (χ2n) is 8.37. The van der Waals surface area contributed by atoms with Crippen molar-refractivity contribution in [3.8, 4) is 17.2 Å². The molecule has 0 aromatic heterocycles. The molecule has 0 spiro atoms. The van der Waals surface area contributed by atoms with Crippen molar-refractivity contribution in [2.75, 3.05) is 26.9 Å². The summed E-state index contributed by atoms with van der Waals surface area (Å²) in [6.45, 7) is 2.64. The minimum absolute atomic E-state index is 0.177. The lowest BCUT2D eigenvalue weighted by Gasteiger charge is -2.25. The molecule has 1 aliphatic heterocycles. The van der Waals surface area contributed by atoms with Crippen LogP contribution in [0.25, 0.3) is 0 Å². The summed E-state index contributed by atoms with van der Waals surface area (Å²) < 4.78 is 23.5. The molecule has 2 unspecified atom stereocenters. The smallest absolute Gasteiger partial charge is 0.313 e. The van der Waals surface area contributed by atoms with Crippen molar-refractivity contribution < 1.29 is 28.5 Å². The fourth-order valence-electron chi connectivity index (χ4n) is 4.10. The van der Waals surface area contributed by atoms with Gasteiger partial charge in [-0.05, 0) is 49.2 Å². The molecule has 0 fully saturated rings. The Labute approximate surface area is 225 Å². The fourth-order valence-corrected chi connectivity index (χ4v) is 4.53. The SMILES string of the molecule is CCOC(=O)C1CCOc2cc(Oc3ccc(C(=O)N(Cl)CC(OC)c4ccccc4)cc3)c(Cl)cc21. The van der Waals surface area contributed by atoms with Crippen molar-refractivity contribution >= 4 is 35.3 Å². The number of benzene rings is 3. The Morgan fingerprint density at radius 1 is 1.11 bits per heavy atom. The highest BCUT2D eigenvalue weighted by atomic mass is 35.5. The molecule has 2 atom stereocenters. The summed E-state index contributed by atoms with van der Waals surface area (Å²) in [7, 11) is 1.58. The lowest BCUT2D eigenvalue weighted by atomic mass is 9.93. The molecule has 3 aromatic carbocycles. The summed E-state index contributed by atoms with van der Waals surface area (Å²) >= 11 is 12.8. The number of carbonyl (C=O) groups is 2. The predicted octanol–water partition coefficient (Wildman–Crippen LogP) is 6.55. The molecule has 0 saturated carbocycles. The molecule has 7 nitrogen and oxygen atoms in total. The fraction of sp³-hybridized carbons (Fsp3) is 0.286. The van der Waals surface area contributed by atoms with E-state index in [0.29, 0.717) is 53.0 Å². The molecule has 4 rings (SSSR count). The molecule has 37 heavy (non-hydrogen) atoms. The van der Waals surface area contributed by atoms with Gasteiger partial charge in [0.1, 0.15) is 23.4 Å². The van der Waals surface area contributed by atoms with Crippen LogP contribution in [0.15, 0.2) is 66.7 Å². The van der Waals surface area contributed by atoms with Gasteiger partial charge < -0.3 is 18.9 Å². The first-order chi connectivity index (χ1) is 17.9.